The molecule has 2 saturated heterocycles. The highest BCUT2D eigenvalue weighted by Crippen LogP contribution is 2.25. The molecule has 9 heteroatoms. The quantitative estimate of drug-likeness (QED) is 0.788. The van der Waals surface area contributed by atoms with Crippen LogP contribution in [0, 0.1) is 6.92 Å². The smallest absolute Gasteiger partial charge is 0.269 e. The summed E-state index contributed by atoms with van der Waals surface area (Å²) in [4.78, 5) is 33.3. The van der Waals surface area contributed by atoms with Crippen molar-refractivity contribution in [2.45, 2.75) is 45.1 Å². The van der Waals surface area contributed by atoms with Crippen molar-refractivity contribution in [1.29, 1.82) is 0 Å². The van der Waals surface area contributed by atoms with Gasteiger partial charge in [-0.25, -0.2) is 4.68 Å². The van der Waals surface area contributed by atoms with E-state index in [1.807, 2.05) is 0 Å². The topological polar surface area (TPSA) is 97.4 Å². The highest BCUT2D eigenvalue weighted by atomic mass is 16.5. The molecule has 0 spiro atoms. The first-order valence-corrected chi connectivity index (χ1v) is 9.50. The first kappa shape index (κ1) is 17.7. The predicted octanol–water partition coefficient (Wildman–Crippen LogP) is 0.941. The number of carbonyl (C=O) groups is 1. The van der Waals surface area contributed by atoms with Crippen molar-refractivity contribution in [3.8, 4) is 0 Å². The molecule has 0 aromatic carbocycles. The largest absolute Gasteiger partial charge is 0.370 e. The Labute approximate surface area is 157 Å². The zero-order valence-electron chi connectivity index (χ0n) is 15.5. The fraction of sp³-hybridized carbons (Fsp3) is 0.611. The van der Waals surface area contributed by atoms with E-state index in [-0.39, 0.29) is 23.9 Å². The zero-order valence-corrected chi connectivity index (χ0v) is 15.5. The number of rotatable bonds is 4. The molecule has 2 aromatic heterocycles. The maximum absolute atomic E-state index is 12.7. The summed E-state index contributed by atoms with van der Waals surface area (Å²) in [6, 6.07) is 1.58. The van der Waals surface area contributed by atoms with Crippen molar-refractivity contribution in [3.05, 3.63) is 34.3 Å². The molecule has 2 aliphatic rings. The second kappa shape index (κ2) is 7.50. The molecule has 0 N–H and O–H groups in total. The molecule has 0 unspecified atom stereocenters. The van der Waals surface area contributed by atoms with Gasteiger partial charge in [0.25, 0.3) is 5.56 Å². The maximum Gasteiger partial charge on any atom is 0.269 e. The number of aromatic nitrogens is 4. The molecule has 27 heavy (non-hydrogen) atoms. The number of piperidine rings is 1. The summed E-state index contributed by atoms with van der Waals surface area (Å²) in [5.41, 5.74) is 0.599. The first-order valence-electron chi connectivity index (χ1n) is 9.50. The molecule has 1 amide bonds. The van der Waals surface area contributed by atoms with Crippen molar-refractivity contribution in [1.82, 2.24) is 24.8 Å². The number of anilines is 1. The summed E-state index contributed by atoms with van der Waals surface area (Å²) >= 11 is 0. The number of hydrogen-bond donors (Lipinski definition) is 0. The molecule has 4 heterocycles. The van der Waals surface area contributed by atoms with Gasteiger partial charge < -0.3 is 14.3 Å². The molecule has 0 aliphatic carbocycles. The third kappa shape index (κ3) is 3.86. The minimum Gasteiger partial charge on any atom is -0.370 e. The molecule has 9 nitrogen and oxygen atoms in total. The Balaban J connectivity index is 1.41. The minimum atomic E-state index is -0.241. The van der Waals surface area contributed by atoms with E-state index in [0.717, 1.165) is 44.5 Å². The van der Waals surface area contributed by atoms with E-state index in [1.54, 1.807) is 24.1 Å². The molecule has 1 atom stereocenters. The van der Waals surface area contributed by atoms with Crippen LogP contribution in [0.2, 0.25) is 0 Å². The maximum atomic E-state index is 12.7. The van der Waals surface area contributed by atoms with E-state index in [9.17, 15) is 9.59 Å². The van der Waals surface area contributed by atoms with E-state index in [0.29, 0.717) is 24.8 Å². The summed E-state index contributed by atoms with van der Waals surface area (Å²) in [5, 5.41) is 8.20. The van der Waals surface area contributed by atoms with Crippen LogP contribution in [0.25, 0.3) is 0 Å². The van der Waals surface area contributed by atoms with E-state index < -0.39 is 0 Å². The summed E-state index contributed by atoms with van der Waals surface area (Å²) in [6.45, 7) is 4.83. The normalized spacial score (nSPS) is 20.3. The van der Waals surface area contributed by atoms with E-state index in [2.05, 4.69) is 20.1 Å². The molecular weight excluding hydrogens is 348 g/mol. The Morgan fingerprint density at radius 1 is 1.26 bits per heavy atom. The summed E-state index contributed by atoms with van der Waals surface area (Å²) < 4.78 is 6.29. The lowest BCUT2D eigenvalue weighted by Crippen LogP contribution is -2.42. The first-order chi connectivity index (χ1) is 13.1. The average Bonchev–Trinajstić information content (AvgIpc) is 3.35. The summed E-state index contributed by atoms with van der Waals surface area (Å²) in [5.74, 6) is 1.14. The lowest BCUT2D eigenvalue weighted by atomic mass is 9.97. The molecule has 2 aliphatic heterocycles. The Kier molecular flexibility index (Phi) is 4.91. The highest BCUT2D eigenvalue weighted by molar-refractivity contribution is 5.76. The molecule has 2 aromatic rings. The Hall–Kier alpha value is -2.71. The number of likely N-dealkylation sites (tertiary alicyclic amines) is 1. The van der Waals surface area contributed by atoms with Gasteiger partial charge in [-0.3, -0.25) is 9.59 Å². The molecule has 4 rings (SSSR count). The molecule has 2 fully saturated rings. The van der Waals surface area contributed by atoms with Gasteiger partial charge in [-0.15, -0.1) is 0 Å². The Bertz CT molecular complexity index is 870. The van der Waals surface area contributed by atoms with Crippen molar-refractivity contribution in [2.24, 2.45) is 0 Å². The summed E-state index contributed by atoms with van der Waals surface area (Å²) in [7, 11) is 0. The van der Waals surface area contributed by atoms with Crippen LogP contribution in [0.1, 0.15) is 43.3 Å². The van der Waals surface area contributed by atoms with Crippen LogP contribution in [0.4, 0.5) is 5.69 Å². The van der Waals surface area contributed by atoms with Crippen molar-refractivity contribution in [2.75, 3.05) is 31.1 Å². The van der Waals surface area contributed by atoms with Gasteiger partial charge in [0.05, 0.1) is 11.9 Å². The minimum absolute atomic E-state index is 0.0445. The van der Waals surface area contributed by atoms with Gasteiger partial charge in [0.2, 0.25) is 11.8 Å². The second-order valence-electron chi connectivity index (χ2n) is 7.25. The number of hydrogen-bond acceptors (Lipinski definition) is 7. The lowest BCUT2D eigenvalue weighted by Gasteiger charge is -2.31. The fourth-order valence-corrected chi connectivity index (χ4v) is 3.81. The van der Waals surface area contributed by atoms with Gasteiger partial charge in [0.15, 0.2) is 5.82 Å². The van der Waals surface area contributed by atoms with Gasteiger partial charge >= 0.3 is 0 Å². The zero-order chi connectivity index (χ0) is 18.8. The Morgan fingerprint density at radius 3 is 2.78 bits per heavy atom. The van der Waals surface area contributed by atoms with Crippen LogP contribution in [0.15, 0.2) is 21.6 Å². The molecular formula is C18H24N6O3. The van der Waals surface area contributed by atoms with Gasteiger partial charge in [-0.1, -0.05) is 5.16 Å². The number of amides is 1. The monoisotopic (exact) mass is 372 g/mol. The average molecular weight is 372 g/mol. The molecule has 0 saturated carbocycles. The third-order valence-corrected chi connectivity index (χ3v) is 5.29. The second-order valence-corrected chi connectivity index (χ2v) is 7.25. The van der Waals surface area contributed by atoms with E-state index in [1.165, 1.54) is 4.68 Å². The summed E-state index contributed by atoms with van der Waals surface area (Å²) in [6.07, 6.45) is 5.75. The lowest BCUT2D eigenvalue weighted by molar-refractivity contribution is -0.133. The van der Waals surface area contributed by atoms with E-state index >= 15 is 0 Å². The Morgan fingerprint density at radius 2 is 2.07 bits per heavy atom. The number of aryl methyl sites for hydroxylation is 1. The van der Waals surface area contributed by atoms with Gasteiger partial charge in [-0.05, 0) is 25.7 Å². The third-order valence-electron chi connectivity index (χ3n) is 5.29. The fourth-order valence-electron chi connectivity index (χ4n) is 3.81. The van der Waals surface area contributed by atoms with Crippen LogP contribution in [-0.2, 0) is 11.3 Å². The van der Waals surface area contributed by atoms with Crippen LogP contribution < -0.4 is 10.5 Å². The SMILES string of the molecule is Cc1nc([C@H]2CCCN(C(=O)Cn3ncc(N4CCCC4)cc3=O)C2)no1. The standard InChI is InChI=1S/C18H24N6O3/c1-13-20-18(21-27-13)14-5-4-8-23(11-14)17(26)12-24-16(25)9-15(10-19-24)22-6-2-3-7-22/h9-10,14H,2-8,11-12H2,1H3/t14-/m0/s1. The van der Waals surface area contributed by atoms with Crippen molar-refractivity contribution >= 4 is 11.6 Å². The van der Waals surface area contributed by atoms with Crippen molar-refractivity contribution in [3.63, 3.8) is 0 Å². The van der Waals surface area contributed by atoms with Crippen LogP contribution in [0.3, 0.4) is 0 Å². The molecule has 144 valence electrons. The number of nitrogens with zero attached hydrogens (tertiary/aromatic N) is 6. The van der Waals surface area contributed by atoms with Gasteiger partial charge in [0.1, 0.15) is 6.54 Å². The highest BCUT2D eigenvalue weighted by Gasteiger charge is 2.28. The van der Waals surface area contributed by atoms with Gasteiger partial charge in [-0.2, -0.15) is 10.1 Å². The van der Waals surface area contributed by atoms with E-state index in [4.69, 9.17) is 4.52 Å². The van der Waals surface area contributed by atoms with Crippen LogP contribution in [-0.4, -0.2) is 56.9 Å². The van der Waals surface area contributed by atoms with Crippen LogP contribution >= 0.6 is 0 Å². The van der Waals surface area contributed by atoms with Crippen LogP contribution in [0.5, 0.6) is 0 Å². The number of carbonyl (C=O) groups excluding carboxylic acids is 1. The van der Waals surface area contributed by atoms with Crippen molar-refractivity contribution < 1.29 is 9.32 Å². The van der Waals surface area contributed by atoms with Gasteiger partial charge in [0, 0.05) is 45.1 Å². The molecule has 0 bridgehead atoms. The molecule has 0 radical (unpaired) electrons. The predicted molar refractivity (Wildman–Crippen MR) is 97.5 cm³/mol.